The molecule has 2 heterocycles. The molecule has 3 amide bonds. The maximum absolute atomic E-state index is 14.1. The molecule has 1 aromatic heterocycles. The molecule has 1 aliphatic heterocycles. The number of carbonyl (C=O) groups excluding carboxylic acids is 3. The second-order valence-corrected chi connectivity index (χ2v) is 14.0. The molecule has 2 aliphatic rings. The van der Waals surface area contributed by atoms with Gasteiger partial charge < -0.3 is 5.32 Å². The Labute approximate surface area is 254 Å². The fraction of sp³-hybridized carbons (Fsp3) is 0.312. The van der Waals surface area contributed by atoms with E-state index < -0.39 is 27.9 Å². The number of imide groups is 1. The number of sulfonamides is 1. The SMILES string of the molecule is CC(=O)Nc1ccc(S(=O)(=O)N(C2CCCCC2)C2CC(=O)N(c3ccc(-c4nc5ccc(C)cc5s4)cc3)C2=O)cc1. The van der Waals surface area contributed by atoms with Gasteiger partial charge in [-0.05, 0) is 86.0 Å². The molecule has 1 atom stereocenters. The number of anilines is 2. The summed E-state index contributed by atoms with van der Waals surface area (Å²) in [6, 6.07) is 17.6. The summed E-state index contributed by atoms with van der Waals surface area (Å²) in [5, 5.41) is 3.47. The summed E-state index contributed by atoms with van der Waals surface area (Å²) in [6.45, 7) is 3.41. The molecule has 3 aromatic carbocycles. The first kappa shape index (κ1) is 29.2. The maximum Gasteiger partial charge on any atom is 0.252 e. The van der Waals surface area contributed by atoms with E-state index >= 15 is 0 Å². The van der Waals surface area contributed by atoms with Crippen molar-refractivity contribution in [2.45, 2.75) is 69.4 Å². The zero-order chi connectivity index (χ0) is 30.3. The standard InChI is InChI=1S/C32H32N4O5S2/c1-20-8-17-27-29(18-20)42-31(34-27)22-9-13-24(14-10-22)35-30(38)19-28(32(35)39)36(25-6-4-3-5-7-25)43(40,41)26-15-11-23(12-16-26)33-21(2)37/h8-18,25,28H,3-7,19H2,1-2H3,(H,33,37). The first-order valence-corrected chi connectivity index (χ1v) is 16.6. The lowest BCUT2D eigenvalue weighted by molar-refractivity contribution is -0.122. The highest BCUT2D eigenvalue weighted by atomic mass is 32.2. The fourth-order valence-electron chi connectivity index (χ4n) is 5.98. The Morgan fingerprint density at radius 1 is 0.977 bits per heavy atom. The number of nitrogens with zero attached hydrogens (tertiary/aromatic N) is 3. The van der Waals surface area contributed by atoms with Crippen molar-refractivity contribution in [1.29, 1.82) is 0 Å². The van der Waals surface area contributed by atoms with Crippen LogP contribution in [0.2, 0.25) is 0 Å². The monoisotopic (exact) mass is 616 g/mol. The van der Waals surface area contributed by atoms with Crippen molar-refractivity contribution >= 4 is 60.7 Å². The van der Waals surface area contributed by atoms with Crippen molar-refractivity contribution in [2.24, 2.45) is 0 Å². The van der Waals surface area contributed by atoms with Gasteiger partial charge in [0.2, 0.25) is 21.8 Å². The number of hydrogen-bond acceptors (Lipinski definition) is 7. The smallest absolute Gasteiger partial charge is 0.252 e. The molecular formula is C32H32N4O5S2. The predicted octanol–water partition coefficient (Wildman–Crippen LogP) is 5.89. The molecule has 11 heteroatoms. The lowest BCUT2D eigenvalue weighted by Gasteiger charge is -2.36. The maximum atomic E-state index is 14.1. The van der Waals surface area contributed by atoms with Gasteiger partial charge in [0.15, 0.2) is 0 Å². The zero-order valence-corrected chi connectivity index (χ0v) is 25.6. The second kappa shape index (κ2) is 11.6. The number of nitrogens with one attached hydrogen (secondary N) is 1. The number of thiazole rings is 1. The number of aryl methyl sites for hydroxylation is 1. The highest BCUT2D eigenvalue weighted by molar-refractivity contribution is 7.89. The summed E-state index contributed by atoms with van der Waals surface area (Å²) in [6.07, 6.45) is 3.72. The molecule has 1 aliphatic carbocycles. The van der Waals surface area contributed by atoms with Crippen LogP contribution in [-0.4, -0.2) is 47.5 Å². The van der Waals surface area contributed by atoms with Gasteiger partial charge in [-0.25, -0.2) is 18.3 Å². The van der Waals surface area contributed by atoms with E-state index in [0.29, 0.717) is 24.2 Å². The van der Waals surface area contributed by atoms with E-state index in [1.807, 2.05) is 31.2 Å². The molecule has 0 radical (unpaired) electrons. The molecule has 1 N–H and O–H groups in total. The normalized spacial score (nSPS) is 18.1. The Hall–Kier alpha value is -3.93. The Kier molecular flexibility index (Phi) is 7.89. The van der Waals surface area contributed by atoms with Crippen LogP contribution < -0.4 is 10.2 Å². The van der Waals surface area contributed by atoms with Crippen molar-refractivity contribution < 1.29 is 22.8 Å². The summed E-state index contributed by atoms with van der Waals surface area (Å²) in [5.74, 6) is -1.25. The van der Waals surface area contributed by atoms with Crippen LogP contribution in [0.3, 0.4) is 0 Å². The molecule has 6 rings (SSSR count). The molecule has 9 nitrogen and oxygen atoms in total. The molecule has 2 fully saturated rings. The third-order valence-electron chi connectivity index (χ3n) is 8.03. The van der Waals surface area contributed by atoms with Crippen LogP contribution in [-0.2, 0) is 24.4 Å². The van der Waals surface area contributed by atoms with Crippen LogP contribution >= 0.6 is 11.3 Å². The molecule has 4 aromatic rings. The quantitative estimate of drug-likeness (QED) is 0.259. The molecule has 0 spiro atoms. The Balaban J connectivity index is 1.29. The van der Waals surface area contributed by atoms with Gasteiger partial charge in [-0.1, -0.05) is 25.3 Å². The highest BCUT2D eigenvalue weighted by Gasteiger charge is 2.49. The van der Waals surface area contributed by atoms with Crippen LogP contribution in [0, 0.1) is 6.92 Å². The Morgan fingerprint density at radius 3 is 2.35 bits per heavy atom. The third-order valence-corrected chi connectivity index (χ3v) is 11.1. The molecule has 222 valence electrons. The predicted molar refractivity (Wildman–Crippen MR) is 167 cm³/mol. The first-order valence-electron chi connectivity index (χ1n) is 14.4. The van der Waals surface area contributed by atoms with Gasteiger partial charge in [-0.3, -0.25) is 14.4 Å². The van der Waals surface area contributed by atoms with Crippen molar-refractivity contribution in [1.82, 2.24) is 9.29 Å². The van der Waals surface area contributed by atoms with Crippen LogP contribution in [0.1, 0.15) is 51.0 Å². The zero-order valence-electron chi connectivity index (χ0n) is 23.9. The number of carbonyl (C=O) groups is 3. The van der Waals surface area contributed by atoms with E-state index in [0.717, 1.165) is 50.5 Å². The number of rotatable bonds is 7. The summed E-state index contributed by atoms with van der Waals surface area (Å²) in [7, 11) is -4.14. The number of benzene rings is 3. The average Bonchev–Trinajstić information content (AvgIpc) is 3.53. The van der Waals surface area contributed by atoms with Crippen LogP contribution in [0.5, 0.6) is 0 Å². The third kappa shape index (κ3) is 5.72. The van der Waals surface area contributed by atoms with E-state index in [4.69, 9.17) is 4.98 Å². The largest absolute Gasteiger partial charge is 0.326 e. The van der Waals surface area contributed by atoms with Gasteiger partial charge in [0, 0.05) is 24.2 Å². The minimum absolute atomic E-state index is 0.0151. The molecule has 1 unspecified atom stereocenters. The van der Waals surface area contributed by atoms with Gasteiger partial charge in [-0.2, -0.15) is 4.31 Å². The lowest BCUT2D eigenvalue weighted by atomic mass is 9.94. The second-order valence-electron chi connectivity index (χ2n) is 11.2. The van der Waals surface area contributed by atoms with E-state index in [2.05, 4.69) is 11.4 Å². The summed E-state index contributed by atoms with van der Waals surface area (Å²) in [4.78, 5) is 44.5. The van der Waals surface area contributed by atoms with Crippen molar-refractivity contribution in [3.63, 3.8) is 0 Å². The lowest BCUT2D eigenvalue weighted by Crippen LogP contribution is -2.51. The van der Waals surface area contributed by atoms with E-state index in [1.54, 1.807) is 23.5 Å². The fourth-order valence-corrected chi connectivity index (χ4v) is 8.88. The van der Waals surface area contributed by atoms with Gasteiger partial charge in [-0.15, -0.1) is 11.3 Å². The summed E-state index contributed by atoms with van der Waals surface area (Å²) < 4.78 is 30.6. The number of hydrogen-bond donors (Lipinski definition) is 1. The topological polar surface area (TPSA) is 117 Å². The van der Waals surface area contributed by atoms with E-state index in [1.165, 1.54) is 35.5 Å². The average molecular weight is 617 g/mol. The van der Waals surface area contributed by atoms with Gasteiger partial charge in [0.1, 0.15) is 11.0 Å². The van der Waals surface area contributed by atoms with Crippen LogP contribution in [0.15, 0.2) is 71.6 Å². The molecule has 0 bridgehead atoms. The molecule has 1 saturated heterocycles. The first-order chi connectivity index (χ1) is 20.6. The van der Waals surface area contributed by atoms with Crippen molar-refractivity contribution in [3.05, 3.63) is 72.3 Å². The van der Waals surface area contributed by atoms with Crippen LogP contribution in [0.25, 0.3) is 20.8 Å². The van der Waals surface area contributed by atoms with Crippen molar-refractivity contribution in [3.8, 4) is 10.6 Å². The van der Waals surface area contributed by atoms with E-state index in [9.17, 15) is 22.8 Å². The minimum Gasteiger partial charge on any atom is -0.326 e. The Bertz CT molecular complexity index is 1810. The van der Waals surface area contributed by atoms with Gasteiger partial charge >= 0.3 is 0 Å². The number of aromatic nitrogens is 1. The summed E-state index contributed by atoms with van der Waals surface area (Å²) in [5.41, 5.74) is 3.81. The van der Waals surface area contributed by atoms with Crippen molar-refractivity contribution in [2.75, 3.05) is 10.2 Å². The van der Waals surface area contributed by atoms with Crippen LogP contribution in [0.4, 0.5) is 11.4 Å². The molecule has 43 heavy (non-hydrogen) atoms. The number of fused-ring (bicyclic) bond motifs is 1. The van der Waals surface area contributed by atoms with Gasteiger partial charge in [0.05, 0.1) is 27.2 Å². The Morgan fingerprint density at radius 2 is 1.67 bits per heavy atom. The highest BCUT2D eigenvalue weighted by Crippen LogP contribution is 2.37. The summed E-state index contributed by atoms with van der Waals surface area (Å²) >= 11 is 1.58. The minimum atomic E-state index is -4.14. The molecular weight excluding hydrogens is 585 g/mol. The van der Waals surface area contributed by atoms with E-state index in [-0.39, 0.29) is 23.3 Å². The number of amides is 3. The molecule has 1 saturated carbocycles. The van der Waals surface area contributed by atoms with Gasteiger partial charge in [0.25, 0.3) is 5.91 Å².